The molecule has 7 nitrogen and oxygen atoms in total. The van der Waals surface area contributed by atoms with Crippen molar-refractivity contribution in [1.29, 1.82) is 5.41 Å². The Kier molecular flexibility index (Phi) is 5.01. The van der Waals surface area contributed by atoms with Gasteiger partial charge in [0.15, 0.2) is 0 Å². The number of ether oxygens (including phenoxy) is 1. The van der Waals surface area contributed by atoms with Crippen LogP contribution in [0.4, 0.5) is 11.6 Å². The first kappa shape index (κ1) is 15.9. The van der Waals surface area contributed by atoms with Crippen LogP contribution in [0, 0.1) is 5.41 Å². The van der Waals surface area contributed by atoms with E-state index < -0.39 is 11.6 Å². The van der Waals surface area contributed by atoms with Crippen LogP contribution in [0.5, 0.6) is 0 Å². The minimum atomic E-state index is -0.607. The van der Waals surface area contributed by atoms with Gasteiger partial charge in [-0.1, -0.05) is 0 Å². The molecule has 1 aromatic heterocycles. The largest absolute Gasteiger partial charge is 0.456 e. The number of hydrogen-bond donors (Lipinski definition) is 3. The van der Waals surface area contributed by atoms with Crippen LogP contribution in [0.1, 0.15) is 34.1 Å². The fourth-order valence-corrected chi connectivity index (χ4v) is 1.41. The third kappa shape index (κ3) is 5.64. The van der Waals surface area contributed by atoms with E-state index in [0.717, 1.165) is 0 Å². The SMILES string of the molecule is C[C@@H](CC(=N)C(=O)OC(C)(C)C)Nc1ncc(N)cn1. The summed E-state index contributed by atoms with van der Waals surface area (Å²) in [5.74, 6) is -0.201. The summed E-state index contributed by atoms with van der Waals surface area (Å²) in [5, 5.41) is 10.7. The van der Waals surface area contributed by atoms with Gasteiger partial charge in [0.05, 0.1) is 18.1 Å². The van der Waals surface area contributed by atoms with Gasteiger partial charge >= 0.3 is 5.97 Å². The second-order valence-electron chi connectivity index (χ2n) is 5.57. The molecule has 0 aromatic carbocycles. The van der Waals surface area contributed by atoms with Gasteiger partial charge in [0, 0.05) is 12.5 Å². The highest BCUT2D eigenvalue weighted by Crippen LogP contribution is 2.10. The van der Waals surface area contributed by atoms with Crippen molar-refractivity contribution < 1.29 is 9.53 Å². The maximum Gasteiger partial charge on any atom is 0.352 e. The normalized spacial score (nSPS) is 12.6. The fraction of sp³-hybridized carbons (Fsp3) is 0.538. The summed E-state index contributed by atoms with van der Waals surface area (Å²) in [6.07, 6.45) is 3.20. The standard InChI is InChI=1S/C13H21N5O2/c1-8(18-12-16-6-9(14)7-17-12)5-10(15)11(19)20-13(2,3)4/h6-8,15H,5,14H2,1-4H3,(H,16,17,18)/t8-/m0/s1. The third-order valence-corrected chi connectivity index (χ3v) is 2.20. The van der Waals surface area contributed by atoms with Crippen molar-refractivity contribution >= 4 is 23.3 Å². The Morgan fingerprint density at radius 2 is 2.00 bits per heavy atom. The Morgan fingerprint density at radius 1 is 1.45 bits per heavy atom. The smallest absolute Gasteiger partial charge is 0.352 e. The lowest BCUT2D eigenvalue weighted by molar-refractivity contribution is -0.146. The highest BCUT2D eigenvalue weighted by atomic mass is 16.6. The highest BCUT2D eigenvalue weighted by Gasteiger charge is 2.21. The summed E-state index contributed by atoms with van der Waals surface area (Å²) in [6.45, 7) is 7.13. The molecule has 1 aromatic rings. The Hall–Kier alpha value is -2.18. The minimum absolute atomic E-state index is 0.0876. The number of carbonyl (C=O) groups excluding carboxylic acids is 1. The van der Waals surface area contributed by atoms with Crippen LogP contribution in [0.2, 0.25) is 0 Å². The first-order valence-corrected chi connectivity index (χ1v) is 6.32. The number of esters is 1. The Labute approximate surface area is 118 Å². The molecule has 0 unspecified atom stereocenters. The first-order valence-electron chi connectivity index (χ1n) is 6.32. The monoisotopic (exact) mass is 279 g/mol. The van der Waals surface area contributed by atoms with Crippen LogP contribution in [-0.2, 0) is 9.53 Å². The van der Waals surface area contributed by atoms with Crippen molar-refractivity contribution in [3.8, 4) is 0 Å². The molecule has 0 saturated heterocycles. The zero-order valence-electron chi connectivity index (χ0n) is 12.2. The van der Waals surface area contributed by atoms with Gasteiger partial charge in [-0.25, -0.2) is 14.8 Å². The maximum absolute atomic E-state index is 11.7. The van der Waals surface area contributed by atoms with E-state index in [-0.39, 0.29) is 18.2 Å². The molecule has 0 aliphatic carbocycles. The quantitative estimate of drug-likeness (QED) is 0.557. The molecule has 0 aliphatic heterocycles. The lowest BCUT2D eigenvalue weighted by Crippen LogP contribution is -2.31. The van der Waals surface area contributed by atoms with Crippen LogP contribution >= 0.6 is 0 Å². The molecular weight excluding hydrogens is 258 g/mol. The van der Waals surface area contributed by atoms with Gasteiger partial charge in [0.2, 0.25) is 5.95 Å². The molecule has 1 rings (SSSR count). The number of nitrogens with zero attached hydrogens (tertiary/aromatic N) is 2. The third-order valence-electron chi connectivity index (χ3n) is 2.20. The van der Waals surface area contributed by atoms with E-state index in [9.17, 15) is 4.79 Å². The number of hydrogen-bond acceptors (Lipinski definition) is 7. The number of anilines is 2. The minimum Gasteiger partial charge on any atom is -0.456 e. The average molecular weight is 279 g/mol. The number of nitrogen functional groups attached to an aromatic ring is 1. The lowest BCUT2D eigenvalue weighted by atomic mass is 10.1. The van der Waals surface area contributed by atoms with Gasteiger partial charge in [-0.2, -0.15) is 0 Å². The second kappa shape index (κ2) is 6.31. The Balaban J connectivity index is 2.49. The Bertz CT molecular complexity index is 479. The number of aromatic nitrogens is 2. The summed E-state index contributed by atoms with van der Waals surface area (Å²) in [6, 6.07) is -0.168. The first-order chi connectivity index (χ1) is 9.17. The number of carbonyl (C=O) groups is 1. The van der Waals surface area contributed by atoms with E-state index in [0.29, 0.717) is 11.6 Å². The van der Waals surface area contributed by atoms with Crippen molar-refractivity contribution in [3.63, 3.8) is 0 Å². The topological polar surface area (TPSA) is 114 Å². The van der Waals surface area contributed by atoms with Crippen LogP contribution < -0.4 is 11.1 Å². The van der Waals surface area contributed by atoms with E-state index in [1.165, 1.54) is 12.4 Å². The van der Waals surface area contributed by atoms with Gasteiger partial charge in [-0.05, 0) is 27.7 Å². The zero-order chi connectivity index (χ0) is 15.3. The van der Waals surface area contributed by atoms with Crippen LogP contribution in [0.3, 0.4) is 0 Å². The molecule has 110 valence electrons. The molecule has 0 radical (unpaired) electrons. The van der Waals surface area contributed by atoms with Gasteiger partial charge < -0.3 is 15.8 Å². The van der Waals surface area contributed by atoms with Crippen LogP contribution in [0.15, 0.2) is 12.4 Å². The maximum atomic E-state index is 11.7. The van der Waals surface area contributed by atoms with E-state index in [1.807, 2.05) is 6.92 Å². The molecule has 7 heteroatoms. The van der Waals surface area contributed by atoms with Gasteiger partial charge in [0.25, 0.3) is 0 Å². The predicted molar refractivity (Wildman–Crippen MR) is 77.7 cm³/mol. The molecule has 4 N–H and O–H groups in total. The summed E-state index contributed by atoms with van der Waals surface area (Å²) >= 11 is 0. The summed E-state index contributed by atoms with van der Waals surface area (Å²) in [5.41, 5.74) is 5.28. The molecule has 1 atom stereocenters. The van der Waals surface area contributed by atoms with Crippen molar-refractivity contribution in [2.75, 3.05) is 11.1 Å². The molecule has 20 heavy (non-hydrogen) atoms. The number of rotatable bonds is 5. The van der Waals surface area contributed by atoms with Gasteiger partial charge in [-0.3, -0.25) is 5.41 Å². The van der Waals surface area contributed by atoms with Crippen molar-refractivity contribution in [2.45, 2.75) is 45.8 Å². The fourth-order valence-electron chi connectivity index (χ4n) is 1.41. The van der Waals surface area contributed by atoms with Crippen molar-refractivity contribution in [3.05, 3.63) is 12.4 Å². The zero-order valence-corrected chi connectivity index (χ0v) is 12.2. The number of nitrogens with two attached hydrogens (primary N) is 1. The van der Waals surface area contributed by atoms with Gasteiger partial charge in [0.1, 0.15) is 11.3 Å². The molecule has 0 bridgehead atoms. The van der Waals surface area contributed by atoms with E-state index in [4.69, 9.17) is 15.9 Å². The predicted octanol–water partition coefficient (Wildman–Crippen LogP) is 1.61. The molecule has 0 saturated carbocycles. The molecule has 0 amide bonds. The molecule has 1 heterocycles. The molecular formula is C13H21N5O2. The van der Waals surface area contributed by atoms with Crippen molar-refractivity contribution in [2.24, 2.45) is 0 Å². The highest BCUT2D eigenvalue weighted by molar-refractivity contribution is 6.35. The van der Waals surface area contributed by atoms with E-state index in [2.05, 4.69) is 15.3 Å². The van der Waals surface area contributed by atoms with Crippen molar-refractivity contribution in [1.82, 2.24) is 9.97 Å². The van der Waals surface area contributed by atoms with Gasteiger partial charge in [-0.15, -0.1) is 0 Å². The Morgan fingerprint density at radius 3 is 2.50 bits per heavy atom. The summed E-state index contributed by atoms with van der Waals surface area (Å²) in [4.78, 5) is 19.7. The molecule has 0 fully saturated rings. The summed E-state index contributed by atoms with van der Waals surface area (Å²) in [7, 11) is 0. The van der Waals surface area contributed by atoms with E-state index >= 15 is 0 Å². The molecule has 0 spiro atoms. The van der Waals surface area contributed by atoms with Crippen LogP contribution in [0.25, 0.3) is 0 Å². The van der Waals surface area contributed by atoms with E-state index in [1.54, 1.807) is 20.8 Å². The summed E-state index contributed by atoms with van der Waals surface area (Å²) < 4.78 is 5.13. The number of nitrogens with one attached hydrogen (secondary N) is 2. The lowest BCUT2D eigenvalue weighted by Gasteiger charge is -2.20. The molecule has 0 aliphatic rings. The second-order valence-corrected chi connectivity index (χ2v) is 5.57. The average Bonchev–Trinajstić information content (AvgIpc) is 2.29. The van der Waals surface area contributed by atoms with Crippen LogP contribution in [-0.4, -0.2) is 33.3 Å².